The lowest BCUT2D eigenvalue weighted by atomic mass is 9.93. The summed E-state index contributed by atoms with van der Waals surface area (Å²) in [5.41, 5.74) is 1.57. The number of hydrogen-bond donors (Lipinski definition) is 1. The Morgan fingerprint density at radius 3 is 2.32 bits per heavy atom. The quantitative estimate of drug-likeness (QED) is 0.771. The van der Waals surface area contributed by atoms with E-state index in [0.29, 0.717) is 32.0 Å². The second-order valence-electron chi connectivity index (χ2n) is 6.78. The maximum absolute atomic E-state index is 12.8. The molecule has 1 atom stereocenters. The summed E-state index contributed by atoms with van der Waals surface area (Å²) in [6.07, 6.45) is 1.64. The minimum atomic E-state index is -3.53. The average molecular weight is 403 g/mol. The van der Waals surface area contributed by atoms with Gasteiger partial charge in [-0.1, -0.05) is 43.7 Å². The van der Waals surface area contributed by atoms with Crippen LogP contribution in [0.4, 0.5) is 5.69 Å². The van der Waals surface area contributed by atoms with Crippen LogP contribution in [0.15, 0.2) is 59.5 Å². The Morgan fingerprint density at radius 1 is 1.07 bits per heavy atom. The summed E-state index contributed by atoms with van der Waals surface area (Å²) < 4.78 is 32.0. The number of morpholine rings is 1. The first kappa shape index (κ1) is 20.5. The molecule has 0 aliphatic carbocycles. The highest BCUT2D eigenvalue weighted by Crippen LogP contribution is 2.24. The van der Waals surface area contributed by atoms with Crippen molar-refractivity contribution in [3.05, 3.63) is 60.2 Å². The minimum Gasteiger partial charge on any atom is -0.379 e. The normalized spacial score (nSPS) is 16.5. The van der Waals surface area contributed by atoms with E-state index in [9.17, 15) is 13.2 Å². The van der Waals surface area contributed by atoms with Gasteiger partial charge in [-0.2, -0.15) is 4.31 Å². The highest BCUT2D eigenvalue weighted by Gasteiger charge is 2.26. The van der Waals surface area contributed by atoms with Gasteiger partial charge in [0.05, 0.1) is 24.0 Å². The van der Waals surface area contributed by atoms with Crippen LogP contribution in [0, 0.1) is 0 Å². The van der Waals surface area contributed by atoms with E-state index in [4.69, 9.17) is 4.74 Å². The van der Waals surface area contributed by atoms with Crippen LogP contribution in [0.2, 0.25) is 0 Å². The van der Waals surface area contributed by atoms with Gasteiger partial charge in [-0.05, 0) is 36.2 Å². The molecular formula is C21H26N2O4S. The SMILES string of the molecule is CCC[C@H](C(=O)Nc1ccc(S(=O)(=O)N2CCOCC2)cc1)c1ccccc1. The van der Waals surface area contributed by atoms with Gasteiger partial charge in [0.1, 0.15) is 0 Å². The predicted octanol–water partition coefficient (Wildman–Crippen LogP) is 3.23. The van der Waals surface area contributed by atoms with Gasteiger partial charge in [-0.3, -0.25) is 4.79 Å². The summed E-state index contributed by atoms with van der Waals surface area (Å²) in [6.45, 7) is 3.58. The lowest BCUT2D eigenvalue weighted by Gasteiger charge is -2.26. The highest BCUT2D eigenvalue weighted by atomic mass is 32.2. The standard InChI is InChI=1S/C21H26N2O4S/c1-2-6-20(17-7-4-3-5-8-17)21(24)22-18-9-11-19(12-10-18)28(25,26)23-13-15-27-16-14-23/h3-5,7-12,20H,2,6,13-16H2,1H3,(H,22,24)/t20-/m0/s1. The van der Waals surface area contributed by atoms with Crippen LogP contribution in [0.3, 0.4) is 0 Å². The molecule has 2 aromatic rings. The number of nitrogens with zero attached hydrogens (tertiary/aromatic N) is 1. The molecule has 1 saturated heterocycles. The summed E-state index contributed by atoms with van der Waals surface area (Å²) in [7, 11) is -3.53. The van der Waals surface area contributed by atoms with Gasteiger partial charge >= 0.3 is 0 Å². The van der Waals surface area contributed by atoms with E-state index >= 15 is 0 Å². The topological polar surface area (TPSA) is 75.7 Å². The Bertz CT molecular complexity index is 876. The van der Waals surface area contributed by atoms with Gasteiger partial charge in [-0.25, -0.2) is 8.42 Å². The number of carbonyl (C=O) groups excluding carboxylic acids is 1. The molecule has 3 rings (SSSR count). The third-order valence-electron chi connectivity index (χ3n) is 4.83. The van der Waals surface area contributed by atoms with E-state index < -0.39 is 10.0 Å². The van der Waals surface area contributed by atoms with Crippen LogP contribution in [0.5, 0.6) is 0 Å². The van der Waals surface area contributed by atoms with Crippen molar-refractivity contribution in [3.8, 4) is 0 Å². The lowest BCUT2D eigenvalue weighted by Crippen LogP contribution is -2.40. The van der Waals surface area contributed by atoms with Crippen LogP contribution in [0.25, 0.3) is 0 Å². The molecule has 7 heteroatoms. The van der Waals surface area contributed by atoms with E-state index in [1.807, 2.05) is 30.3 Å². The average Bonchev–Trinajstić information content (AvgIpc) is 2.73. The summed E-state index contributed by atoms with van der Waals surface area (Å²) in [6, 6.07) is 16.1. The second-order valence-corrected chi connectivity index (χ2v) is 8.72. The Hall–Kier alpha value is -2.22. The van der Waals surface area contributed by atoms with Crippen molar-refractivity contribution in [2.75, 3.05) is 31.6 Å². The number of hydrogen-bond acceptors (Lipinski definition) is 4. The molecule has 1 amide bonds. The fourth-order valence-corrected chi connectivity index (χ4v) is 4.71. The Labute approximate surface area is 166 Å². The van der Waals surface area contributed by atoms with Gasteiger partial charge < -0.3 is 10.1 Å². The maximum atomic E-state index is 12.8. The van der Waals surface area contributed by atoms with E-state index in [1.54, 1.807) is 12.1 Å². The van der Waals surface area contributed by atoms with Gasteiger partial charge in [0.2, 0.25) is 15.9 Å². The number of sulfonamides is 1. The van der Waals surface area contributed by atoms with Gasteiger partial charge in [-0.15, -0.1) is 0 Å². The molecule has 1 heterocycles. The smallest absolute Gasteiger partial charge is 0.243 e. The molecule has 0 aromatic heterocycles. The zero-order valence-electron chi connectivity index (χ0n) is 16.0. The van der Waals surface area contributed by atoms with Crippen molar-refractivity contribution in [1.29, 1.82) is 0 Å². The summed E-state index contributed by atoms with van der Waals surface area (Å²) in [5, 5.41) is 2.92. The van der Waals surface area contributed by atoms with E-state index in [0.717, 1.165) is 18.4 Å². The first-order valence-electron chi connectivity index (χ1n) is 9.56. The first-order chi connectivity index (χ1) is 13.5. The number of ether oxygens (including phenoxy) is 1. The third-order valence-corrected chi connectivity index (χ3v) is 6.74. The number of benzene rings is 2. The molecule has 150 valence electrons. The molecule has 2 aromatic carbocycles. The monoisotopic (exact) mass is 402 g/mol. The Kier molecular flexibility index (Phi) is 6.83. The number of rotatable bonds is 7. The van der Waals surface area contributed by atoms with Crippen LogP contribution in [0.1, 0.15) is 31.2 Å². The zero-order valence-corrected chi connectivity index (χ0v) is 16.8. The fourth-order valence-electron chi connectivity index (χ4n) is 3.30. The molecule has 0 bridgehead atoms. The largest absolute Gasteiger partial charge is 0.379 e. The van der Waals surface area contributed by atoms with Gasteiger partial charge in [0.15, 0.2) is 0 Å². The fraction of sp³-hybridized carbons (Fsp3) is 0.381. The van der Waals surface area contributed by atoms with Crippen LogP contribution < -0.4 is 5.32 Å². The van der Waals surface area contributed by atoms with Crippen molar-refractivity contribution >= 4 is 21.6 Å². The van der Waals surface area contributed by atoms with Crippen LogP contribution in [-0.2, 0) is 19.6 Å². The molecule has 1 fully saturated rings. The molecule has 0 spiro atoms. The molecule has 1 aliphatic heterocycles. The predicted molar refractivity (Wildman–Crippen MR) is 109 cm³/mol. The Balaban J connectivity index is 1.71. The van der Waals surface area contributed by atoms with Crippen LogP contribution >= 0.6 is 0 Å². The molecule has 1 aliphatic rings. The van der Waals surface area contributed by atoms with Crippen molar-refractivity contribution in [3.63, 3.8) is 0 Å². The van der Waals surface area contributed by atoms with Crippen molar-refractivity contribution in [2.24, 2.45) is 0 Å². The van der Waals surface area contributed by atoms with Crippen LogP contribution in [-0.4, -0.2) is 44.9 Å². The van der Waals surface area contributed by atoms with Crippen molar-refractivity contribution in [1.82, 2.24) is 4.31 Å². The summed E-state index contributed by atoms with van der Waals surface area (Å²) in [4.78, 5) is 13.0. The summed E-state index contributed by atoms with van der Waals surface area (Å²) in [5.74, 6) is -0.320. The number of amides is 1. The van der Waals surface area contributed by atoms with Crippen molar-refractivity contribution < 1.29 is 17.9 Å². The maximum Gasteiger partial charge on any atom is 0.243 e. The summed E-state index contributed by atoms with van der Waals surface area (Å²) >= 11 is 0. The van der Waals surface area contributed by atoms with E-state index in [2.05, 4.69) is 12.2 Å². The van der Waals surface area contributed by atoms with Gasteiger partial charge in [0.25, 0.3) is 0 Å². The lowest BCUT2D eigenvalue weighted by molar-refractivity contribution is -0.117. The molecule has 0 unspecified atom stereocenters. The first-order valence-corrected chi connectivity index (χ1v) is 11.0. The third kappa shape index (κ3) is 4.79. The highest BCUT2D eigenvalue weighted by molar-refractivity contribution is 7.89. The number of anilines is 1. The molecular weight excluding hydrogens is 376 g/mol. The zero-order chi connectivity index (χ0) is 20.0. The van der Waals surface area contributed by atoms with Gasteiger partial charge in [0, 0.05) is 18.8 Å². The molecule has 6 nitrogen and oxygen atoms in total. The second kappa shape index (κ2) is 9.32. The number of carbonyl (C=O) groups is 1. The molecule has 28 heavy (non-hydrogen) atoms. The van der Waals surface area contributed by atoms with E-state index in [1.165, 1.54) is 16.4 Å². The molecule has 0 saturated carbocycles. The Morgan fingerprint density at radius 2 is 1.71 bits per heavy atom. The van der Waals surface area contributed by atoms with Crippen molar-refractivity contribution in [2.45, 2.75) is 30.6 Å². The number of nitrogens with one attached hydrogen (secondary N) is 1. The minimum absolute atomic E-state index is 0.0863. The molecule has 0 radical (unpaired) electrons. The molecule has 1 N–H and O–H groups in total. The van der Waals surface area contributed by atoms with E-state index in [-0.39, 0.29) is 16.7 Å².